The van der Waals surface area contributed by atoms with Crippen LogP contribution >= 0.6 is 0 Å². The highest BCUT2D eigenvalue weighted by atomic mass is 16.5. The van der Waals surface area contributed by atoms with E-state index in [1.807, 2.05) is 6.92 Å². The van der Waals surface area contributed by atoms with E-state index >= 15 is 0 Å². The molecule has 0 aliphatic carbocycles. The second-order valence-corrected chi connectivity index (χ2v) is 4.56. The molecule has 0 unspecified atom stereocenters. The molecule has 0 spiro atoms. The molecule has 1 fully saturated rings. The second-order valence-electron chi connectivity index (χ2n) is 4.56. The summed E-state index contributed by atoms with van der Waals surface area (Å²) in [6, 6.07) is 0.741. The molecule has 4 nitrogen and oxygen atoms in total. The number of rotatable bonds is 9. The fourth-order valence-electron chi connectivity index (χ4n) is 2.12. The monoisotopic (exact) mass is 242 g/mol. The van der Waals surface area contributed by atoms with E-state index in [1.54, 1.807) is 0 Å². The van der Waals surface area contributed by atoms with Crippen LogP contribution in [0.15, 0.2) is 0 Å². The summed E-state index contributed by atoms with van der Waals surface area (Å²) in [5.41, 5.74) is 0. The van der Waals surface area contributed by atoms with E-state index in [1.165, 1.54) is 6.42 Å². The van der Waals surface area contributed by atoms with Crippen molar-refractivity contribution in [2.75, 3.05) is 32.8 Å². The lowest BCUT2D eigenvalue weighted by molar-refractivity contribution is -0.143. The minimum atomic E-state index is -0.0527. The molecule has 1 rings (SSSR count). The smallest absolute Gasteiger partial charge is 0.305 e. The van der Waals surface area contributed by atoms with Gasteiger partial charge in [-0.3, -0.25) is 9.69 Å². The topological polar surface area (TPSA) is 41.6 Å². The van der Waals surface area contributed by atoms with Gasteiger partial charge >= 0.3 is 5.97 Å². The van der Waals surface area contributed by atoms with Gasteiger partial charge in [-0.25, -0.2) is 0 Å². The number of unbranched alkanes of at least 4 members (excludes halogenated alkanes) is 2. The summed E-state index contributed by atoms with van der Waals surface area (Å²) in [6.45, 7) is 9.13. The summed E-state index contributed by atoms with van der Waals surface area (Å²) in [6.07, 6.45) is 3.84. The van der Waals surface area contributed by atoms with Crippen molar-refractivity contribution in [3.63, 3.8) is 0 Å². The van der Waals surface area contributed by atoms with Crippen molar-refractivity contribution in [1.29, 1.82) is 0 Å². The molecular formula is C13H26N2O2. The Bertz CT molecular complexity index is 217. The van der Waals surface area contributed by atoms with Crippen molar-refractivity contribution in [3.05, 3.63) is 0 Å². The summed E-state index contributed by atoms with van der Waals surface area (Å²) in [4.78, 5) is 13.6. The molecule has 17 heavy (non-hydrogen) atoms. The summed E-state index contributed by atoms with van der Waals surface area (Å²) >= 11 is 0. The molecule has 0 radical (unpaired) electrons. The van der Waals surface area contributed by atoms with Gasteiger partial charge in [0.2, 0.25) is 0 Å². The molecule has 0 amide bonds. The number of hydrogen-bond donors (Lipinski definition) is 1. The van der Waals surface area contributed by atoms with E-state index < -0.39 is 0 Å². The first-order valence-electron chi connectivity index (χ1n) is 6.88. The van der Waals surface area contributed by atoms with Crippen LogP contribution in [0.5, 0.6) is 0 Å². The summed E-state index contributed by atoms with van der Waals surface area (Å²) in [7, 11) is 0. The summed E-state index contributed by atoms with van der Waals surface area (Å²) < 4.78 is 4.90. The Morgan fingerprint density at radius 2 is 2.06 bits per heavy atom. The van der Waals surface area contributed by atoms with Gasteiger partial charge in [-0.1, -0.05) is 13.3 Å². The summed E-state index contributed by atoms with van der Waals surface area (Å²) in [5, 5.41) is 3.30. The lowest BCUT2D eigenvalue weighted by atomic mass is 10.1. The predicted molar refractivity (Wildman–Crippen MR) is 69.0 cm³/mol. The van der Waals surface area contributed by atoms with Crippen LogP contribution in [0, 0.1) is 0 Å². The van der Waals surface area contributed by atoms with Gasteiger partial charge in [0.15, 0.2) is 0 Å². The van der Waals surface area contributed by atoms with Crippen LogP contribution in [-0.4, -0.2) is 49.7 Å². The van der Waals surface area contributed by atoms with Crippen LogP contribution < -0.4 is 5.32 Å². The molecule has 1 N–H and O–H groups in total. The predicted octanol–water partition coefficient (Wildman–Crippen LogP) is 1.40. The number of nitrogens with zero attached hydrogens (tertiary/aromatic N) is 1. The van der Waals surface area contributed by atoms with Crippen LogP contribution in [0.2, 0.25) is 0 Å². The lowest BCUT2D eigenvalue weighted by Gasteiger charge is -2.37. The van der Waals surface area contributed by atoms with Gasteiger partial charge in [-0.2, -0.15) is 0 Å². The molecule has 0 atom stereocenters. The molecule has 0 saturated carbocycles. The van der Waals surface area contributed by atoms with Crippen LogP contribution in [0.25, 0.3) is 0 Å². The summed E-state index contributed by atoms with van der Waals surface area (Å²) in [5.74, 6) is -0.0527. The maximum atomic E-state index is 11.1. The molecule has 0 bridgehead atoms. The van der Waals surface area contributed by atoms with E-state index in [4.69, 9.17) is 4.74 Å². The maximum absolute atomic E-state index is 11.1. The first-order chi connectivity index (χ1) is 8.27. The first-order valence-corrected chi connectivity index (χ1v) is 6.88. The molecule has 1 saturated heterocycles. The molecule has 1 heterocycles. The van der Waals surface area contributed by atoms with E-state index in [9.17, 15) is 4.79 Å². The minimum absolute atomic E-state index is 0.0527. The first kappa shape index (κ1) is 14.5. The Morgan fingerprint density at radius 3 is 2.59 bits per heavy atom. The normalized spacial score (nSPS) is 15.9. The molecule has 4 heteroatoms. The fourth-order valence-corrected chi connectivity index (χ4v) is 2.12. The number of nitrogens with one attached hydrogen (secondary N) is 1. The highest BCUT2D eigenvalue weighted by Gasteiger charge is 2.22. The average molecular weight is 242 g/mol. The van der Waals surface area contributed by atoms with Crippen molar-refractivity contribution >= 4 is 5.97 Å². The van der Waals surface area contributed by atoms with Crippen molar-refractivity contribution in [3.8, 4) is 0 Å². The second kappa shape index (κ2) is 8.48. The Hall–Kier alpha value is -0.610. The Kier molecular flexibility index (Phi) is 7.21. The van der Waals surface area contributed by atoms with Gasteiger partial charge in [0.25, 0.3) is 0 Å². The van der Waals surface area contributed by atoms with Gasteiger partial charge in [-0.15, -0.1) is 0 Å². The van der Waals surface area contributed by atoms with Crippen LogP contribution in [0.3, 0.4) is 0 Å². The van der Waals surface area contributed by atoms with Gasteiger partial charge in [-0.05, 0) is 32.9 Å². The zero-order valence-electron chi connectivity index (χ0n) is 11.2. The van der Waals surface area contributed by atoms with Crippen LogP contribution in [-0.2, 0) is 9.53 Å². The van der Waals surface area contributed by atoms with Crippen molar-refractivity contribution in [1.82, 2.24) is 10.2 Å². The minimum Gasteiger partial charge on any atom is -0.466 e. The third kappa shape index (κ3) is 5.50. The van der Waals surface area contributed by atoms with Gasteiger partial charge in [0.1, 0.15) is 0 Å². The van der Waals surface area contributed by atoms with Crippen molar-refractivity contribution in [2.45, 2.75) is 45.6 Å². The molecule has 1 aliphatic heterocycles. The Morgan fingerprint density at radius 1 is 1.29 bits per heavy atom. The molecule has 0 aromatic carbocycles. The SMILES string of the molecule is CCOC(=O)CCCCCN(CC)C1CNC1. The molecule has 1 aliphatic rings. The van der Waals surface area contributed by atoms with Crippen LogP contribution in [0.1, 0.15) is 39.5 Å². The van der Waals surface area contributed by atoms with Crippen molar-refractivity contribution < 1.29 is 9.53 Å². The van der Waals surface area contributed by atoms with Gasteiger partial charge in [0, 0.05) is 25.6 Å². The maximum Gasteiger partial charge on any atom is 0.305 e. The van der Waals surface area contributed by atoms with E-state index in [0.29, 0.717) is 13.0 Å². The number of esters is 1. The van der Waals surface area contributed by atoms with Gasteiger partial charge in [0.05, 0.1) is 6.61 Å². The fraction of sp³-hybridized carbons (Fsp3) is 0.923. The number of ether oxygens (including phenoxy) is 1. The van der Waals surface area contributed by atoms with E-state index in [0.717, 1.165) is 45.1 Å². The highest BCUT2D eigenvalue weighted by molar-refractivity contribution is 5.69. The third-order valence-electron chi connectivity index (χ3n) is 3.31. The largest absolute Gasteiger partial charge is 0.466 e. The molecular weight excluding hydrogens is 216 g/mol. The number of carbonyl (C=O) groups excluding carboxylic acids is 1. The highest BCUT2D eigenvalue weighted by Crippen LogP contribution is 2.08. The zero-order chi connectivity index (χ0) is 12.5. The zero-order valence-corrected chi connectivity index (χ0v) is 11.2. The Labute approximate surface area is 105 Å². The Balaban J connectivity index is 1.97. The molecule has 100 valence electrons. The average Bonchev–Trinajstić information content (AvgIpc) is 2.24. The third-order valence-corrected chi connectivity index (χ3v) is 3.31. The van der Waals surface area contributed by atoms with Gasteiger partial charge < -0.3 is 10.1 Å². The molecule has 0 aromatic heterocycles. The molecule has 0 aromatic rings. The lowest BCUT2D eigenvalue weighted by Crippen LogP contribution is -2.57. The van der Waals surface area contributed by atoms with E-state index in [2.05, 4.69) is 17.1 Å². The van der Waals surface area contributed by atoms with Crippen LogP contribution in [0.4, 0.5) is 0 Å². The number of hydrogen-bond acceptors (Lipinski definition) is 4. The number of likely N-dealkylation sites (N-methyl/N-ethyl adjacent to an activating group) is 1. The van der Waals surface area contributed by atoms with E-state index in [-0.39, 0.29) is 5.97 Å². The quantitative estimate of drug-likeness (QED) is 0.490. The standard InChI is InChI=1S/C13H26N2O2/c1-3-15(12-10-14-11-12)9-7-5-6-8-13(16)17-4-2/h12,14H,3-11H2,1-2H3. The van der Waals surface area contributed by atoms with Crippen molar-refractivity contribution in [2.24, 2.45) is 0 Å². The number of carbonyl (C=O) groups is 1.